The number of amides is 1. The molecule has 4 nitrogen and oxygen atoms in total. The number of nitrogens with zero attached hydrogens (tertiary/aromatic N) is 1. The Labute approximate surface area is 91.4 Å². The molecule has 0 aromatic carbocycles. The first-order valence-electron chi connectivity index (χ1n) is 5.62. The largest absolute Gasteiger partial charge is 0.386 e. The molecule has 15 heavy (non-hydrogen) atoms. The van der Waals surface area contributed by atoms with Crippen molar-refractivity contribution in [2.75, 3.05) is 19.6 Å². The Morgan fingerprint density at radius 3 is 2.40 bits per heavy atom. The van der Waals surface area contributed by atoms with Crippen LogP contribution >= 0.6 is 0 Å². The van der Waals surface area contributed by atoms with Gasteiger partial charge in [0, 0.05) is 5.92 Å². The molecular formula is C11H22N2O2. The second kappa shape index (κ2) is 4.49. The number of aliphatic hydroxyl groups is 1. The molecule has 4 heteroatoms. The Balaban J connectivity index is 2.41. The molecule has 88 valence electrons. The van der Waals surface area contributed by atoms with E-state index in [0.29, 0.717) is 19.6 Å². The summed E-state index contributed by atoms with van der Waals surface area (Å²) in [5, 5.41) is 10.00. The molecule has 0 aromatic rings. The molecular weight excluding hydrogens is 192 g/mol. The van der Waals surface area contributed by atoms with Crippen LogP contribution in [-0.4, -0.2) is 41.1 Å². The third kappa shape index (κ3) is 2.49. The first-order valence-corrected chi connectivity index (χ1v) is 5.62. The van der Waals surface area contributed by atoms with E-state index in [1.54, 1.807) is 4.90 Å². The highest BCUT2D eigenvalue weighted by Crippen LogP contribution is 2.29. The van der Waals surface area contributed by atoms with E-state index in [1.807, 2.05) is 20.8 Å². The van der Waals surface area contributed by atoms with Crippen LogP contribution in [0.4, 0.5) is 0 Å². The number of hydrogen-bond donors (Lipinski definition) is 2. The fourth-order valence-electron chi connectivity index (χ4n) is 1.82. The average Bonchev–Trinajstić information content (AvgIpc) is 2.11. The Morgan fingerprint density at radius 1 is 1.47 bits per heavy atom. The SMILES string of the molecule is CC(CCN)C(=O)N1CC(O)(C(C)C)C1. The van der Waals surface area contributed by atoms with Crippen molar-refractivity contribution in [3.8, 4) is 0 Å². The summed E-state index contributed by atoms with van der Waals surface area (Å²) in [5.41, 5.74) is 4.74. The van der Waals surface area contributed by atoms with Crippen molar-refractivity contribution in [3.63, 3.8) is 0 Å². The van der Waals surface area contributed by atoms with Crippen LogP contribution in [0.5, 0.6) is 0 Å². The van der Waals surface area contributed by atoms with Crippen molar-refractivity contribution < 1.29 is 9.90 Å². The normalized spacial score (nSPS) is 21.3. The highest BCUT2D eigenvalue weighted by atomic mass is 16.3. The zero-order valence-corrected chi connectivity index (χ0v) is 9.86. The molecule has 0 saturated carbocycles. The fourth-order valence-corrected chi connectivity index (χ4v) is 1.82. The van der Waals surface area contributed by atoms with Crippen LogP contribution in [0.3, 0.4) is 0 Å². The predicted octanol–water partition coefficient (Wildman–Crippen LogP) is 0.201. The lowest BCUT2D eigenvalue weighted by atomic mass is 9.82. The molecule has 1 saturated heterocycles. The molecule has 0 radical (unpaired) electrons. The fraction of sp³-hybridized carbons (Fsp3) is 0.909. The third-order valence-electron chi connectivity index (χ3n) is 3.34. The van der Waals surface area contributed by atoms with E-state index in [-0.39, 0.29) is 17.7 Å². The molecule has 1 atom stereocenters. The zero-order chi connectivity index (χ0) is 11.6. The van der Waals surface area contributed by atoms with Crippen molar-refractivity contribution in [1.29, 1.82) is 0 Å². The quantitative estimate of drug-likeness (QED) is 0.702. The summed E-state index contributed by atoms with van der Waals surface area (Å²) < 4.78 is 0. The second-order valence-electron chi connectivity index (χ2n) is 4.93. The molecule has 1 fully saturated rings. The van der Waals surface area contributed by atoms with Crippen LogP contribution in [0.25, 0.3) is 0 Å². The first-order chi connectivity index (χ1) is 6.90. The summed E-state index contributed by atoms with van der Waals surface area (Å²) in [6, 6.07) is 0. The Hall–Kier alpha value is -0.610. The average molecular weight is 214 g/mol. The standard InChI is InChI=1S/C11H22N2O2/c1-8(2)11(15)6-13(7-11)10(14)9(3)4-5-12/h8-9,15H,4-7,12H2,1-3H3. The summed E-state index contributed by atoms with van der Waals surface area (Å²) in [7, 11) is 0. The van der Waals surface area contributed by atoms with E-state index in [4.69, 9.17) is 5.73 Å². The summed E-state index contributed by atoms with van der Waals surface area (Å²) in [4.78, 5) is 13.5. The maximum absolute atomic E-state index is 11.8. The molecule has 1 heterocycles. The van der Waals surface area contributed by atoms with Crippen molar-refractivity contribution in [2.45, 2.75) is 32.8 Å². The first kappa shape index (κ1) is 12.5. The van der Waals surface area contributed by atoms with E-state index in [0.717, 1.165) is 6.42 Å². The second-order valence-corrected chi connectivity index (χ2v) is 4.93. The van der Waals surface area contributed by atoms with Gasteiger partial charge in [0.15, 0.2) is 0 Å². The number of hydrogen-bond acceptors (Lipinski definition) is 3. The summed E-state index contributed by atoms with van der Waals surface area (Å²) in [6.45, 7) is 7.32. The van der Waals surface area contributed by atoms with E-state index in [1.165, 1.54) is 0 Å². The van der Waals surface area contributed by atoms with Crippen LogP contribution in [0.2, 0.25) is 0 Å². The Kier molecular flexibility index (Phi) is 3.73. The van der Waals surface area contributed by atoms with E-state index >= 15 is 0 Å². The molecule has 0 bridgehead atoms. The molecule has 1 unspecified atom stereocenters. The van der Waals surface area contributed by atoms with Crippen LogP contribution in [0, 0.1) is 11.8 Å². The van der Waals surface area contributed by atoms with Crippen LogP contribution in [0.15, 0.2) is 0 Å². The molecule has 1 aliphatic rings. The maximum atomic E-state index is 11.8. The molecule has 0 aliphatic carbocycles. The van der Waals surface area contributed by atoms with Gasteiger partial charge in [-0.1, -0.05) is 20.8 Å². The summed E-state index contributed by atoms with van der Waals surface area (Å²) in [6.07, 6.45) is 0.718. The van der Waals surface area contributed by atoms with Gasteiger partial charge in [-0.15, -0.1) is 0 Å². The summed E-state index contributed by atoms with van der Waals surface area (Å²) >= 11 is 0. The summed E-state index contributed by atoms with van der Waals surface area (Å²) in [5.74, 6) is 0.295. The molecule has 1 amide bonds. The molecule has 1 rings (SSSR count). The van der Waals surface area contributed by atoms with Gasteiger partial charge in [-0.05, 0) is 18.9 Å². The molecule has 1 aliphatic heterocycles. The lowest BCUT2D eigenvalue weighted by molar-refractivity contribution is -0.167. The third-order valence-corrected chi connectivity index (χ3v) is 3.34. The van der Waals surface area contributed by atoms with Gasteiger partial charge in [0.05, 0.1) is 13.1 Å². The molecule has 0 aromatic heterocycles. The minimum absolute atomic E-state index is 0.0216. The van der Waals surface area contributed by atoms with Crippen molar-refractivity contribution in [3.05, 3.63) is 0 Å². The predicted molar refractivity (Wildman–Crippen MR) is 59.2 cm³/mol. The van der Waals surface area contributed by atoms with E-state index < -0.39 is 5.60 Å². The highest BCUT2D eigenvalue weighted by Gasteiger charge is 2.46. The van der Waals surface area contributed by atoms with Gasteiger partial charge >= 0.3 is 0 Å². The van der Waals surface area contributed by atoms with Gasteiger partial charge in [0.1, 0.15) is 5.60 Å². The number of rotatable bonds is 4. The number of carbonyl (C=O) groups excluding carboxylic acids is 1. The van der Waals surface area contributed by atoms with Gasteiger partial charge in [-0.25, -0.2) is 0 Å². The number of likely N-dealkylation sites (tertiary alicyclic amines) is 1. The maximum Gasteiger partial charge on any atom is 0.225 e. The lowest BCUT2D eigenvalue weighted by Gasteiger charge is -2.49. The lowest BCUT2D eigenvalue weighted by Crippen LogP contribution is -2.66. The monoisotopic (exact) mass is 214 g/mol. The number of β-amino-alcohol motifs (C(OH)–C–C–N with tert-alkyl or cyclic N) is 1. The van der Waals surface area contributed by atoms with Crippen molar-refractivity contribution in [1.82, 2.24) is 4.90 Å². The zero-order valence-electron chi connectivity index (χ0n) is 9.86. The topological polar surface area (TPSA) is 66.6 Å². The Morgan fingerprint density at radius 2 is 2.00 bits per heavy atom. The van der Waals surface area contributed by atoms with Gasteiger partial charge < -0.3 is 15.7 Å². The van der Waals surface area contributed by atoms with Crippen molar-refractivity contribution >= 4 is 5.91 Å². The number of nitrogens with two attached hydrogens (primary N) is 1. The van der Waals surface area contributed by atoms with Crippen LogP contribution in [-0.2, 0) is 4.79 Å². The van der Waals surface area contributed by atoms with Gasteiger partial charge in [0.2, 0.25) is 5.91 Å². The Bertz CT molecular complexity index is 235. The van der Waals surface area contributed by atoms with E-state index in [2.05, 4.69) is 0 Å². The van der Waals surface area contributed by atoms with Gasteiger partial charge in [0.25, 0.3) is 0 Å². The molecule has 3 N–H and O–H groups in total. The van der Waals surface area contributed by atoms with Crippen LogP contribution in [0.1, 0.15) is 27.2 Å². The van der Waals surface area contributed by atoms with Crippen LogP contribution < -0.4 is 5.73 Å². The van der Waals surface area contributed by atoms with Gasteiger partial charge in [-0.3, -0.25) is 4.79 Å². The van der Waals surface area contributed by atoms with Crippen molar-refractivity contribution in [2.24, 2.45) is 17.6 Å². The van der Waals surface area contributed by atoms with Gasteiger partial charge in [-0.2, -0.15) is 0 Å². The smallest absolute Gasteiger partial charge is 0.225 e. The number of carbonyl (C=O) groups is 1. The minimum atomic E-state index is -0.669. The minimum Gasteiger partial charge on any atom is -0.386 e. The molecule has 0 spiro atoms. The van der Waals surface area contributed by atoms with E-state index in [9.17, 15) is 9.90 Å². The highest BCUT2D eigenvalue weighted by molar-refractivity contribution is 5.79.